The van der Waals surface area contributed by atoms with Crippen LogP contribution in [0.5, 0.6) is 5.75 Å². The van der Waals surface area contributed by atoms with Crippen LogP contribution < -0.4 is 10.2 Å². The topological polar surface area (TPSA) is 59.8 Å². The third-order valence-corrected chi connectivity index (χ3v) is 6.60. The summed E-state index contributed by atoms with van der Waals surface area (Å²) >= 11 is 0. The van der Waals surface area contributed by atoms with E-state index in [-0.39, 0.29) is 17.1 Å². The fourth-order valence-electron chi connectivity index (χ4n) is 4.60. The van der Waals surface area contributed by atoms with Crippen LogP contribution in [0.1, 0.15) is 50.0 Å². The van der Waals surface area contributed by atoms with Gasteiger partial charge in [0.1, 0.15) is 17.9 Å². The molecule has 1 unspecified atom stereocenters. The highest BCUT2D eigenvalue weighted by Gasteiger charge is 2.42. The van der Waals surface area contributed by atoms with Gasteiger partial charge >= 0.3 is 0 Å². The molecule has 5 nitrogen and oxygen atoms in total. The van der Waals surface area contributed by atoms with E-state index in [1.165, 1.54) is 0 Å². The number of nitrogens with zero attached hydrogens (tertiary/aromatic N) is 1. The number of hydrogen-bond acceptors (Lipinski definition) is 4. The van der Waals surface area contributed by atoms with Crippen molar-refractivity contribution in [2.45, 2.75) is 33.4 Å². The van der Waals surface area contributed by atoms with E-state index in [1.54, 1.807) is 11.0 Å². The monoisotopic (exact) mass is 465 g/mol. The van der Waals surface area contributed by atoms with Gasteiger partial charge in [0, 0.05) is 6.54 Å². The van der Waals surface area contributed by atoms with Gasteiger partial charge in [0.25, 0.3) is 5.91 Å². The van der Waals surface area contributed by atoms with Gasteiger partial charge in [0.15, 0.2) is 5.43 Å². The van der Waals surface area contributed by atoms with E-state index in [4.69, 9.17) is 9.15 Å². The summed E-state index contributed by atoms with van der Waals surface area (Å²) in [6, 6.07) is 18.7. The van der Waals surface area contributed by atoms with Gasteiger partial charge in [-0.15, -0.1) is 0 Å². The molecule has 0 bridgehead atoms. The first-order valence-electron chi connectivity index (χ1n) is 11.7. The van der Waals surface area contributed by atoms with Gasteiger partial charge < -0.3 is 14.1 Å². The molecule has 0 saturated heterocycles. The number of ether oxygens (including phenoxy) is 1. The Balaban J connectivity index is 1.70. The van der Waals surface area contributed by atoms with Gasteiger partial charge in [-0.3, -0.25) is 9.59 Å². The summed E-state index contributed by atoms with van der Waals surface area (Å²) in [5.41, 5.74) is 5.55. The Morgan fingerprint density at radius 1 is 1.00 bits per heavy atom. The molecule has 2 heterocycles. The molecule has 0 saturated carbocycles. The molecule has 3 aromatic carbocycles. The molecule has 35 heavy (non-hydrogen) atoms. The minimum atomic E-state index is -0.589. The minimum Gasteiger partial charge on any atom is -0.490 e. The molecule has 1 atom stereocenters. The second kappa shape index (κ2) is 8.91. The van der Waals surface area contributed by atoms with E-state index < -0.39 is 6.04 Å². The molecule has 1 aromatic heterocycles. The van der Waals surface area contributed by atoms with Crippen LogP contribution in [0.2, 0.25) is 0 Å². The summed E-state index contributed by atoms with van der Waals surface area (Å²) in [5, 5.41) is 0.487. The Bertz CT molecular complexity index is 1510. The van der Waals surface area contributed by atoms with Gasteiger partial charge in [-0.2, -0.15) is 0 Å². The first-order chi connectivity index (χ1) is 16.9. The summed E-state index contributed by atoms with van der Waals surface area (Å²) in [4.78, 5) is 29.2. The summed E-state index contributed by atoms with van der Waals surface area (Å²) < 4.78 is 11.9. The van der Waals surface area contributed by atoms with Crippen molar-refractivity contribution in [1.29, 1.82) is 0 Å². The lowest BCUT2D eigenvalue weighted by atomic mass is 9.97. The van der Waals surface area contributed by atoms with Crippen LogP contribution in [-0.2, 0) is 6.54 Å². The van der Waals surface area contributed by atoms with E-state index in [0.29, 0.717) is 35.4 Å². The predicted molar refractivity (Wildman–Crippen MR) is 137 cm³/mol. The van der Waals surface area contributed by atoms with E-state index in [9.17, 15) is 9.59 Å². The van der Waals surface area contributed by atoms with Crippen LogP contribution in [-0.4, -0.2) is 17.4 Å². The lowest BCUT2D eigenvalue weighted by Crippen LogP contribution is -2.29. The van der Waals surface area contributed by atoms with Crippen LogP contribution >= 0.6 is 0 Å². The van der Waals surface area contributed by atoms with E-state index >= 15 is 0 Å². The first-order valence-corrected chi connectivity index (χ1v) is 11.7. The van der Waals surface area contributed by atoms with Crippen LogP contribution in [0.4, 0.5) is 0 Å². The number of carbonyl (C=O) groups excluding carboxylic acids is 1. The standard InChI is InChI=1S/C30H27NO4/c1-5-13-34-23-8-6-7-22(16-23)27-26-28(32)24-14-19(3)20(4)15-25(24)35-29(26)30(33)31(27)17-21-11-9-18(2)10-12-21/h5-12,14-16,27H,1,13,17H2,2-4H3. The molecule has 5 heteroatoms. The fourth-order valence-corrected chi connectivity index (χ4v) is 4.60. The first kappa shape index (κ1) is 22.7. The Hall–Kier alpha value is -4.12. The molecule has 0 radical (unpaired) electrons. The van der Waals surface area contributed by atoms with E-state index in [2.05, 4.69) is 6.58 Å². The Morgan fingerprint density at radius 2 is 1.74 bits per heavy atom. The van der Waals surface area contributed by atoms with Gasteiger partial charge in [0.2, 0.25) is 5.76 Å². The molecule has 0 fully saturated rings. The van der Waals surface area contributed by atoms with Gasteiger partial charge in [0.05, 0.1) is 17.0 Å². The van der Waals surface area contributed by atoms with Gasteiger partial charge in [-0.05, 0) is 67.3 Å². The average molecular weight is 466 g/mol. The molecule has 4 aromatic rings. The summed E-state index contributed by atoms with van der Waals surface area (Å²) in [6.07, 6.45) is 1.68. The van der Waals surface area contributed by atoms with Crippen LogP contribution in [0.15, 0.2) is 82.5 Å². The highest BCUT2D eigenvalue weighted by molar-refractivity contribution is 5.99. The van der Waals surface area contributed by atoms with Gasteiger partial charge in [-0.25, -0.2) is 0 Å². The van der Waals surface area contributed by atoms with E-state index in [0.717, 1.165) is 27.8 Å². The maximum atomic E-state index is 13.8. The van der Waals surface area contributed by atoms with E-state index in [1.807, 2.05) is 81.4 Å². The molecule has 0 N–H and O–H groups in total. The van der Waals surface area contributed by atoms with Crippen molar-refractivity contribution in [3.63, 3.8) is 0 Å². The highest BCUT2D eigenvalue weighted by atomic mass is 16.5. The number of carbonyl (C=O) groups is 1. The quantitative estimate of drug-likeness (QED) is 0.326. The summed E-state index contributed by atoms with van der Waals surface area (Å²) in [6.45, 7) is 10.4. The Morgan fingerprint density at radius 3 is 2.49 bits per heavy atom. The number of amides is 1. The molecule has 1 aliphatic heterocycles. The van der Waals surface area contributed by atoms with Gasteiger partial charge in [-0.1, -0.05) is 54.6 Å². The van der Waals surface area contributed by atoms with Crippen molar-refractivity contribution in [3.05, 3.63) is 123 Å². The Kier molecular flexibility index (Phi) is 5.77. The van der Waals surface area contributed by atoms with Crippen molar-refractivity contribution in [2.75, 3.05) is 6.61 Å². The molecule has 1 amide bonds. The van der Waals surface area contributed by atoms with Crippen molar-refractivity contribution < 1.29 is 13.9 Å². The highest BCUT2D eigenvalue weighted by Crippen LogP contribution is 2.40. The third-order valence-electron chi connectivity index (χ3n) is 6.60. The molecule has 1 aliphatic rings. The zero-order valence-corrected chi connectivity index (χ0v) is 20.1. The largest absolute Gasteiger partial charge is 0.490 e. The Labute approximate surface area is 204 Å². The van der Waals surface area contributed by atoms with Crippen molar-refractivity contribution in [2.24, 2.45) is 0 Å². The maximum Gasteiger partial charge on any atom is 0.291 e. The zero-order valence-electron chi connectivity index (χ0n) is 20.1. The lowest BCUT2D eigenvalue weighted by molar-refractivity contribution is 0.0714. The van der Waals surface area contributed by atoms with Crippen LogP contribution in [0.25, 0.3) is 11.0 Å². The number of fused-ring (bicyclic) bond motifs is 2. The molecule has 5 rings (SSSR count). The summed E-state index contributed by atoms with van der Waals surface area (Å²) in [7, 11) is 0. The second-order valence-electron chi connectivity index (χ2n) is 9.10. The van der Waals surface area contributed by atoms with Crippen molar-refractivity contribution >= 4 is 16.9 Å². The van der Waals surface area contributed by atoms with Crippen molar-refractivity contribution in [1.82, 2.24) is 4.90 Å². The molecular weight excluding hydrogens is 438 g/mol. The zero-order chi connectivity index (χ0) is 24.7. The second-order valence-corrected chi connectivity index (χ2v) is 9.10. The molecule has 176 valence electrons. The fraction of sp³-hybridized carbons (Fsp3) is 0.200. The number of rotatable bonds is 6. The third kappa shape index (κ3) is 4.03. The molecule has 0 spiro atoms. The molecular formula is C30H27NO4. The van der Waals surface area contributed by atoms with Crippen LogP contribution in [0, 0.1) is 20.8 Å². The minimum absolute atomic E-state index is 0.111. The number of aryl methyl sites for hydroxylation is 3. The predicted octanol–water partition coefficient (Wildman–Crippen LogP) is 6.03. The lowest BCUT2D eigenvalue weighted by Gasteiger charge is -2.25. The normalized spacial score (nSPS) is 14.9. The maximum absolute atomic E-state index is 13.8. The number of benzene rings is 3. The van der Waals surface area contributed by atoms with Crippen LogP contribution in [0.3, 0.4) is 0 Å². The summed E-state index contributed by atoms with van der Waals surface area (Å²) in [5.74, 6) is 0.468. The smallest absolute Gasteiger partial charge is 0.291 e. The van der Waals surface area contributed by atoms with Crippen molar-refractivity contribution in [3.8, 4) is 5.75 Å². The SMILES string of the molecule is C=CCOc1cccc(C2c3c(oc4cc(C)c(C)cc4c3=O)C(=O)N2Cc2ccc(C)cc2)c1. The average Bonchev–Trinajstić information content (AvgIpc) is 3.12. The number of hydrogen-bond donors (Lipinski definition) is 0. The molecule has 0 aliphatic carbocycles.